The minimum atomic E-state index is -4.64. The molecule has 0 spiro atoms. The topological polar surface area (TPSA) is 112 Å². The summed E-state index contributed by atoms with van der Waals surface area (Å²) in [6.45, 7) is 0. The summed E-state index contributed by atoms with van der Waals surface area (Å²) >= 11 is 0. The molecule has 208 valence electrons. The van der Waals surface area contributed by atoms with Gasteiger partial charge in [0.05, 0.1) is 32.9 Å². The fraction of sp³-hybridized carbons (Fsp3) is 0.0690. The molecular formula is C29H21F3N4O4S. The second-order valence-corrected chi connectivity index (χ2v) is 10.8. The van der Waals surface area contributed by atoms with E-state index >= 15 is 0 Å². The van der Waals surface area contributed by atoms with Crippen molar-refractivity contribution in [3.63, 3.8) is 0 Å². The predicted molar refractivity (Wildman–Crippen MR) is 146 cm³/mol. The van der Waals surface area contributed by atoms with Gasteiger partial charge in [-0.05, 0) is 47.5 Å². The van der Waals surface area contributed by atoms with Crippen molar-refractivity contribution < 1.29 is 31.6 Å². The Kier molecular flexibility index (Phi) is 7.20. The standard InChI is InChI=1S/C29H21F3N4O4S/c1-36(26-22-14-11-20(29(30,31)32)16-24(22)34-17-23(26)27(37)35-38)25-8-5-15-33-28(25)41(39,40)21-12-9-19(10-13-21)18-6-3-2-4-7-18/h2-17,38H,1H3,(H,35,37). The lowest BCUT2D eigenvalue weighted by molar-refractivity contribution is -0.137. The van der Waals surface area contributed by atoms with E-state index in [-0.39, 0.29) is 37.8 Å². The molecule has 0 fully saturated rings. The van der Waals surface area contributed by atoms with Crippen LogP contribution in [0.25, 0.3) is 22.0 Å². The molecule has 41 heavy (non-hydrogen) atoms. The fourth-order valence-corrected chi connectivity index (χ4v) is 5.87. The van der Waals surface area contributed by atoms with Gasteiger partial charge in [0, 0.05) is 24.8 Å². The monoisotopic (exact) mass is 578 g/mol. The van der Waals surface area contributed by atoms with Crippen LogP contribution in [0.5, 0.6) is 0 Å². The number of aromatic nitrogens is 2. The Hall–Kier alpha value is -4.81. The highest BCUT2D eigenvalue weighted by atomic mass is 32.2. The molecule has 0 bridgehead atoms. The third kappa shape index (κ3) is 5.22. The van der Waals surface area contributed by atoms with Crippen molar-refractivity contribution in [3.05, 3.63) is 108 Å². The number of amides is 1. The first-order valence-corrected chi connectivity index (χ1v) is 13.5. The van der Waals surface area contributed by atoms with Crippen molar-refractivity contribution in [2.75, 3.05) is 11.9 Å². The number of fused-ring (bicyclic) bond motifs is 1. The first-order valence-electron chi connectivity index (χ1n) is 12.1. The molecule has 0 saturated carbocycles. The zero-order valence-electron chi connectivity index (χ0n) is 21.3. The van der Waals surface area contributed by atoms with Crippen molar-refractivity contribution in [2.24, 2.45) is 0 Å². The Morgan fingerprint density at radius 1 is 0.902 bits per heavy atom. The highest BCUT2D eigenvalue weighted by molar-refractivity contribution is 7.91. The number of hydrogen-bond donors (Lipinski definition) is 2. The number of carbonyl (C=O) groups excluding carboxylic acids is 1. The number of halogens is 3. The molecular weight excluding hydrogens is 557 g/mol. The molecule has 5 aromatic rings. The van der Waals surface area contributed by atoms with Gasteiger partial charge in [-0.3, -0.25) is 15.0 Å². The van der Waals surface area contributed by atoms with Crippen molar-refractivity contribution >= 4 is 38.0 Å². The van der Waals surface area contributed by atoms with Gasteiger partial charge >= 0.3 is 6.18 Å². The molecule has 1 amide bonds. The second kappa shape index (κ2) is 10.6. The van der Waals surface area contributed by atoms with E-state index in [9.17, 15) is 31.6 Å². The van der Waals surface area contributed by atoms with E-state index in [1.807, 2.05) is 30.3 Å². The summed E-state index contributed by atoms with van der Waals surface area (Å²) in [5.74, 6) is -0.994. The zero-order chi connectivity index (χ0) is 29.4. The first-order chi connectivity index (χ1) is 19.5. The van der Waals surface area contributed by atoms with Crippen LogP contribution >= 0.6 is 0 Å². The van der Waals surface area contributed by atoms with Crippen LogP contribution in [0.3, 0.4) is 0 Å². The molecule has 0 unspecified atom stereocenters. The molecule has 5 rings (SSSR count). The first kappa shape index (κ1) is 27.7. The molecule has 2 N–H and O–H groups in total. The number of carbonyl (C=O) groups is 1. The molecule has 2 aromatic heterocycles. The highest BCUT2D eigenvalue weighted by Crippen LogP contribution is 2.39. The maximum atomic E-state index is 13.8. The van der Waals surface area contributed by atoms with Crippen molar-refractivity contribution in [2.45, 2.75) is 16.1 Å². The molecule has 0 aliphatic carbocycles. The normalized spacial score (nSPS) is 11.8. The number of anilines is 2. The minimum Gasteiger partial charge on any atom is -0.341 e. The van der Waals surface area contributed by atoms with E-state index in [1.165, 1.54) is 47.9 Å². The Bertz CT molecular complexity index is 1860. The number of nitrogens with zero attached hydrogens (tertiary/aromatic N) is 3. The minimum absolute atomic E-state index is 0.0131. The molecule has 0 radical (unpaired) electrons. The lowest BCUT2D eigenvalue weighted by Crippen LogP contribution is -2.24. The predicted octanol–water partition coefficient (Wildman–Crippen LogP) is 6.04. The van der Waals surface area contributed by atoms with Crippen LogP contribution in [0.4, 0.5) is 24.5 Å². The SMILES string of the molecule is CN(c1cccnc1S(=O)(=O)c1ccc(-c2ccccc2)cc1)c1c(C(=O)NO)cnc2cc(C(F)(F)F)ccc12. The zero-order valence-corrected chi connectivity index (χ0v) is 22.1. The number of hydroxylamine groups is 1. The smallest absolute Gasteiger partial charge is 0.341 e. The number of pyridine rings is 2. The molecule has 0 atom stereocenters. The molecule has 0 saturated heterocycles. The van der Waals surface area contributed by atoms with Crippen LogP contribution in [-0.4, -0.2) is 36.5 Å². The van der Waals surface area contributed by atoms with Gasteiger partial charge in [-0.25, -0.2) is 18.9 Å². The van der Waals surface area contributed by atoms with E-state index in [1.54, 1.807) is 12.1 Å². The van der Waals surface area contributed by atoms with Crippen LogP contribution in [0.2, 0.25) is 0 Å². The van der Waals surface area contributed by atoms with E-state index in [4.69, 9.17) is 0 Å². The van der Waals surface area contributed by atoms with Gasteiger partial charge in [0.1, 0.15) is 0 Å². The molecule has 8 nitrogen and oxygen atoms in total. The quantitative estimate of drug-likeness (QED) is 0.187. The Labute approximate surface area is 232 Å². The Balaban J connectivity index is 1.64. The summed E-state index contributed by atoms with van der Waals surface area (Å²) in [6, 6.07) is 21.4. The van der Waals surface area contributed by atoms with Gasteiger partial charge in [-0.2, -0.15) is 13.2 Å². The highest BCUT2D eigenvalue weighted by Gasteiger charge is 2.32. The second-order valence-electron chi connectivity index (χ2n) is 8.97. The lowest BCUT2D eigenvalue weighted by Gasteiger charge is -2.25. The average molecular weight is 579 g/mol. The third-order valence-corrected chi connectivity index (χ3v) is 8.20. The van der Waals surface area contributed by atoms with Gasteiger partial charge in [0.25, 0.3) is 5.91 Å². The summed E-state index contributed by atoms with van der Waals surface area (Å²) < 4.78 is 67.6. The summed E-state index contributed by atoms with van der Waals surface area (Å²) in [6.07, 6.45) is -2.33. The number of alkyl halides is 3. The number of hydrogen-bond acceptors (Lipinski definition) is 7. The van der Waals surface area contributed by atoms with E-state index < -0.39 is 27.5 Å². The van der Waals surface area contributed by atoms with E-state index in [0.717, 1.165) is 35.5 Å². The summed E-state index contributed by atoms with van der Waals surface area (Å²) in [7, 11) is -2.77. The van der Waals surface area contributed by atoms with Gasteiger partial charge in [-0.1, -0.05) is 48.5 Å². The largest absolute Gasteiger partial charge is 0.416 e. The number of benzene rings is 3. The maximum Gasteiger partial charge on any atom is 0.416 e. The molecule has 0 aliphatic heterocycles. The fourth-order valence-electron chi connectivity index (χ4n) is 4.48. The maximum absolute atomic E-state index is 13.8. The van der Waals surface area contributed by atoms with Crippen LogP contribution in [0.15, 0.2) is 107 Å². The van der Waals surface area contributed by atoms with Crippen molar-refractivity contribution in [1.29, 1.82) is 0 Å². The average Bonchev–Trinajstić information content (AvgIpc) is 2.99. The molecule has 3 aromatic carbocycles. The molecule has 0 aliphatic rings. The Morgan fingerprint density at radius 2 is 1.59 bits per heavy atom. The van der Waals surface area contributed by atoms with Gasteiger partial charge in [0.2, 0.25) is 9.84 Å². The van der Waals surface area contributed by atoms with Crippen LogP contribution in [-0.2, 0) is 16.0 Å². The molecule has 2 heterocycles. The Morgan fingerprint density at radius 3 is 2.24 bits per heavy atom. The summed E-state index contributed by atoms with van der Waals surface area (Å²) in [5, 5.41) is 9.09. The number of sulfone groups is 1. The van der Waals surface area contributed by atoms with Gasteiger partial charge in [-0.15, -0.1) is 0 Å². The number of rotatable bonds is 6. The van der Waals surface area contributed by atoms with Crippen molar-refractivity contribution in [1.82, 2.24) is 15.4 Å². The van der Waals surface area contributed by atoms with Gasteiger partial charge in [0.15, 0.2) is 5.03 Å². The van der Waals surface area contributed by atoms with Crippen LogP contribution in [0, 0.1) is 0 Å². The van der Waals surface area contributed by atoms with Crippen molar-refractivity contribution in [3.8, 4) is 11.1 Å². The number of nitrogens with one attached hydrogen (secondary N) is 1. The van der Waals surface area contributed by atoms with Gasteiger partial charge < -0.3 is 4.90 Å². The lowest BCUT2D eigenvalue weighted by atomic mass is 10.0. The molecule has 12 heteroatoms. The van der Waals surface area contributed by atoms with Crippen LogP contribution in [0.1, 0.15) is 15.9 Å². The summed E-state index contributed by atoms with van der Waals surface area (Å²) in [4.78, 5) is 21.9. The van der Waals surface area contributed by atoms with E-state index in [2.05, 4.69) is 9.97 Å². The van der Waals surface area contributed by atoms with Crippen LogP contribution < -0.4 is 10.4 Å². The third-order valence-electron chi connectivity index (χ3n) is 6.49. The van der Waals surface area contributed by atoms with E-state index in [0.29, 0.717) is 0 Å². The summed E-state index contributed by atoms with van der Waals surface area (Å²) in [5.41, 5.74) is 2.01.